The monoisotopic (exact) mass is 338 g/mol. The maximum absolute atomic E-state index is 12.7. The number of nitrogens with zero attached hydrogens (tertiary/aromatic N) is 4. The first-order chi connectivity index (χ1) is 11.6. The van der Waals surface area contributed by atoms with Crippen LogP contribution in [0.5, 0.6) is 0 Å². The zero-order valence-electron chi connectivity index (χ0n) is 12.9. The molecule has 120 valence electrons. The van der Waals surface area contributed by atoms with Crippen LogP contribution >= 0.6 is 0 Å². The molecule has 7 heteroatoms. The van der Waals surface area contributed by atoms with Gasteiger partial charge in [0.1, 0.15) is 17.3 Å². The summed E-state index contributed by atoms with van der Waals surface area (Å²) in [5.41, 5.74) is 2.45. The minimum atomic E-state index is -3.51. The molecule has 0 N–H and O–H groups in total. The number of aromatic nitrogens is 4. The van der Waals surface area contributed by atoms with Gasteiger partial charge in [-0.15, -0.1) is 10.2 Å². The molecule has 0 radical (unpaired) electrons. The van der Waals surface area contributed by atoms with Gasteiger partial charge in [-0.25, -0.2) is 13.4 Å². The molecule has 0 unspecified atom stereocenters. The molecule has 0 aliphatic rings. The molecule has 2 aromatic carbocycles. The summed E-state index contributed by atoms with van der Waals surface area (Å²) in [6.45, 7) is 1.84. The van der Waals surface area contributed by atoms with Crippen LogP contribution < -0.4 is 0 Å². The van der Waals surface area contributed by atoms with Crippen LogP contribution in [0.2, 0.25) is 0 Å². The van der Waals surface area contributed by atoms with E-state index in [-0.39, 0.29) is 10.6 Å². The van der Waals surface area contributed by atoms with Gasteiger partial charge in [-0.1, -0.05) is 30.3 Å². The van der Waals surface area contributed by atoms with Crippen molar-refractivity contribution in [3.63, 3.8) is 0 Å². The van der Waals surface area contributed by atoms with E-state index >= 15 is 0 Å². The predicted octanol–water partition coefficient (Wildman–Crippen LogP) is 2.56. The van der Waals surface area contributed by atoms with Gasteiger partial charge in [-0.05, 0) is 31.2 Å². The first kappa shape index (κ1) is 14.8. The lowest BCUT2D eigenvalue weighted by Crippen LogP contribution is -2.09. The van der Waals surface area contributed by atoms with Gasteiger partial charge < -0.3 is 0 Å². The number of benzene rings is 2. The van der Waals surface area contributed by atoms with Gasteiger partial charge in [0.25, 0.3) is 0 Å². The van der Waals surface area contributed by atoms with Gasteiger partial charge in [0, 0.05) is 0 Å². The third-order valence-corrected chi connectivity index (χ3v) is 5.53. The summed E-state index contributed by atoms with van der Waals surface area (Å²) in [4.78, 5) is 4.80. The van der Waals surface area contributed by atoms with Crippen LogP contribution in [-0.4, -0.2) is 28.0 Å². The smallest absolute Gasteiger partial charge is 0.184 e. The number of rotatable bonds is 3. The molecular weight excluding hydrogens is 324 g/mol. The molecule has 0 atom stereocenters. The summed E-state index contributed by atoms with van der Waals surface area (Å²) in [6, 6.07) is 15.9. The summed E-state index contributed by atoms with van der Waals surface area (Å²) in [6.07, 6.45) is 0. The van der Waals surface area contributed by atoms with E-state index in [4.69, 9.17) is 0 Å². The topological polar surface area (TPSA) is 77.2 Å². The molecule has 6 nitrogen and oxygen atoms in total. The molecule has 0 fully saturated rings. The van der Waals surface area contributed by atoms with Crippen molar-refractivity contribution in [1.82, 2.24) is 19.6 Å². The average molecular weight is 338 g/mol. The highest BCUT2D eigenvalue weighted by Gasteiger charge is 2.21. The summed E-state index contributed by atoms with van der Waals surface area (Å²) >= 11 is 0. The fourth-order valence-corrected chi connectivity index (χ4v) is 4.06. The Morgan fingerprint density at radius 3 is 2.46 bits per heavy atom. The lowest BCUT2D eigenvalue weighted by atomic mass is 10.3. The van der Waals surface area contributed by atoms with Crippen molar-refractivity contribution in [2.45, 2.75) is 17.6 Å². The summed E-state index contributed by atoms with van der Waals surface area (Å²) in [7, 11) is -3.51. The molecule has 0 aliphatic heterocycles. The third-order valence-electron chi connectivity index (χ3n) is 3.89. The number of hydrogen-bond donors (Lipinski definition) is 0. The molecule has 2 aromatic heterocycles. The summed E-state index contributed by atoms with van der Waals surface area (Å²) in [5, 5.41) is 8.22. The maximum atomic E-state index is 12.7. The lowest BCUT2D eigenvalue weighted by Gasteiger charge is -2.08. The zero-order valence-corrected chi connectivity index (χ0v) is 13.7. The number of para-hydroxylation sites is 2. The van der Waals surface area contributed by atoms with Gasteiger partial charge in [0.05, 0.1) is 15.9 Å². The highest BCUT2D eigenvalue weighted by molar-refractivity contribution is 7.90. The molecule has 0 spiro atoms. The van der Waals surface area contributed by atoms with Crippen LogP contribution in [0.15, 0.2) is 59.5 Å². The van der Waals surface area contributed by atoms with Crippen LogP contribution in [0.4, 0.5) is 0 Å². The van der Waals surface area contributed by atoms with Crippen LogP contribution in [0, 0.1) is 6.92 Å². The molecule has 0 aliphatic carbocycles. The lowest BCUT2D eigenvalue weighted by molar-refractivity contribution is 0.595. The molecule has 24 heavy (non-hydrogen) atoms. The Kier molecular flexibility index (Phi) is 3.31. The van der Waals surface area contributed by atoms with E-state index in [1.165, 1.54) is 0 Å². The zero-order chi connectivity index (χ0) is 16.7. The van der Waals surface area contributed by atoms with E-state index in [9.17, 15) is 8.42 Å². The number of sulfone groups is 1. The SMILES string of the molecule is Cc1nnc2c(CS(=O)(=O)c3ccccc3)nc3ccccc3n12. The number of aryl methyl sites for hydroxylation is 1. The van der Waals surface area contributed by atoms with E-state index in [0.717, 1.165) is 5.52 Å². The quantitative estimate of drug-likeness (QED) is 0.574. The van der Waals surface area contributed by atoms with E-state index in [0.29, 0.717) is 22.7 Å². The average Bonchev–Trinajstić information content (AvgIpc) is 2.98. The Labute approximate surface area is 138 Å². The van der Waals surface area contributed by atoms with Crippen molar-refractivity contribution in [2.24, 2.45) is 0 Å². The van der Waals surface area contributed by atoms with Gasteiger partial charge in [0.15, 0.2) is 15.5 Å². The van der Waals surface area contributed by atoms with Crippen molar-refractivity contribution in [1.29, 1.82) is 0 Å². The third kappa shape index (κ3) is 2.33. The molecule has 0 amide bonds. The molecule has 0 saturated heterocycles. The van der Waals surface area contributed by atoms with E-state index < -0.39 is 9.84 Å². The highest BCUT2D eigenvalue weighted by atomic mass is 32.2. The normalized spacial score (nSPS) is 12.0. The second-order valence-electron chi connectivity index (χ2n) is 5.53. The van der Waals surface area contributed by atoms with Crippen molar-refractivity contribution in [3.05, 3.63) is 66.1 Å². The molecule has 2 heterocycles. The van der Waals surface area contributed by atoms with Crippen LogP contribution in [0.3, 0.4) is 0 Å². The number of fused-ring (bicyclic) bond motifs is 3. The van der Waals surface area contributed by atoms with Crippen molar-refractivity contribution in [3.8, 4) is 0 Å². The number of hydrogen-bond acceptors (Lipinski definition) is 5. The van der Waals surface area contributed by atoms with Crippen molar-refractivity contribution >= 4 is 26.5 Å². The van der Waals surface area contributed by atoms with Gasteiger partial charge in [-0.2, -0.15) is 0 Å². The molecule has 0 bridgehead atoms. The van der Waals surface area contributed by atoms with E-state index in [1.54, 1.807) is 30.3 Å². The Hall–Kier alpha value is -2.80. The Morgan fingerprint density at radius 1 is 0.958 bits per heavy atom. The van der Waals surface area contributed by atoms with Gasteiger partial charge in [0.2, 0.25) is 0 Å². The van der Waals surface area contributed by atoms with Crippen molar-refractivity contribution in [2.75, 3.05) is 0 Å². The Bertz CT molecular complexity index is 1150. The second kappa shape index (κ2) is 5.38. The maximum Gasteiger partial charge on any atom is 0.184 e. The predicted molar refractivity (Wildman–Crippen MR) is 90.4 cm³/mol. The van der Waals surface area contributed by atoms with Crippen LogP contribution in [-0.2, 0) is 15.6 Å². The largest absolute Gasteiger partial charge is 0.276 e. The van der Waals surface area contributed by atoms with Gasteiger partial charge in [-0.3, -0.25) is 4.40 Å². The molecule has 0 saturated carbocycles. The van der Waals surface area contributed by atoms with Crippen LogP contribution in [0.25, 0.3) is 16.7 Å². The first-order valence-corrected chi connectivity index (χ1v) is 9.09. The fourth-order valence-electron chi connectivity index (χ4n) is 2.77. The fraction of sp³-hybridized carbons (Fsp3) is 0.118. The molecule has 4 aromatic rings. The Morgan fingerprint density at radius 2 is 1.67 bits per heavy atom. The molecule has 4 rings (SSSR count). The van der Waals surface area contributed by atoms with E-state index in [2.05, 4.69) is 15.2 Å². The summed E-state index contributed by atoms with van der Waals surface area (Å²) in [5.74, 6) is 0.477. The molecular formula is C17H14N4O2S. The standard InChI is InChI=1S/C17H14N4O2S/c1-12-19-20-17-15(11-24(22,23)13-7-3-2-4-8-13)18-14-9-5-6-10-16(14)21(12)17/h2-10H,11H2,1H3. The van der Waals surface area contributed by atoms with E-state index in [1.807, 2.05) is 35.6 Å². The minimum absolute atomic E-state index is 0.219. The highest BCUT2D eigenvalue weighted by Crippen LogP contribution is 2.22. The van der Waals surface area contributed by atoms with Crippen molar-refractivity contribution < 1.29 is 8.42 Å². The Balaban J connectivity index is 1.93. The minimum Gasteiger partial charge on any atom is -0.276 e. The van der Waals surface area contributed by atoms with Gasteiger partial charge >= 0.3 is 0 Å². The summed E-state index contributed by atoms with van der Waals surface area (Å²) < 4.78 is 27.2. The van der Waals surface area contributed by atoms with Crippen LogP contribution in [0.1, 0.15) is 11.5 Å². The first-order valence-electron chi connectivity index (χ1n) is 7.43. The second-order valence-corrected chi connectivity index (χ2v) is 7.52.